The van der Waals surface area contributed by atoms with Crippen molar-refractivity contribution in [2.24, 2.45) is 5.92 Å². The molecule has 1 fully saturated rings. The number of nitrogens with zero attached hydrogens (tertiary/aromatic N) is 2. The number of halogens is 4. The minimum atomic E-state index is -4.89. The van der Waals surface area contributed by atoms with Crippen molar-refractivity contribution < 1.29 is 27.2 Å². The number of alkyl halides is 3. The van der Waals surface area contributed by atoms with Crippen LogP contribution in [0.5, 0.6) is 0 Å². The minimum absolute atomic E-state index is 0.129. The number of carbonyl (C=O) groups excluding carboxylic acids is 2. The van der Waals surface area contributed by atoms with Gasteiger partial charge in [0.2, 0.25) is 11.4 Å². The van der Waals surface area contributed by atoms with E-state index in [0.717, 1.165) is 23.9 Å². The van der Waals surface area contributed by atoms with Crippen LogP contribution in [0.3, 0.4) is 0 Å². The van der Waals surface area contributed by atoms with E-state index in [-0.39, 0.29) is 23.7 Å². The molecule has 32 heavy (non-hydrogen) atoms. The first-order valence-electron chi connectivity index (χ1n) is 9.59. The summed E-state index contributed by atoms with van der Waals surface area (Å²) in [7, 11) is 0. The van der Waals surface area contributed by atoms with Crippen LogP contribution < -0.4 is 16.2 Å². The third-order valence-electron chi connectivity index (χ3n) is 5.17. The summed E-state index contributed by atoms with van der Waals surface area (Å²) in [5.74, 6) is 2.65. The minimum Gasteiger partial charge on any atom is -0.310 e. The number of fused-ring (bicyclic) bond motifs is 1. The van der Waals surface area contributed by atoms with Crippen LogP contribution in [0.15, 0.2) is 29.3 Å². The normalized spacial score (nSPS) is 19.8. The van der Waals surface area contributed by atoms with E-state index in [9.17, 15) is 31.9 Å². The molecule has 1 saturated carbocycles. The van der Waals surface area contributed by atoms with E-state index in [2.05, 4.69) is 22.1 Å². The molecule has 0 saturated heterocycles. The highest BCUT2D eigenvalue weighted by molar-refractivity contribution is 5.95. The molecule has 2 amide bonds. The highest BCUT2D eigenvalue weighted by Gasteiger charge is 2.59. The van der Waals surface area contributed by atoms with Crippen molar-refractivity contribution in [3.05, 3.63) is 57.5 Å². The number of hydrogen-bond acceptors (Lipinski definition) is 4. The average molecular weight is 448 g/mol. The lowest BCUT2D eigenvalue weighted by Gasteiger charge is -2.37. The van der Waals surface area contributed by atoms with Crippen LogP contribution in [0, 0.1) is 23.6 Å². The van der Waals surface area contributed by atoms with Gasteiger partial charge in [-0.2, -0.15) is 17.6 Å². The molecule has 4 rings (SSSR count). The van der Waals surface area contributed by atoms with Crippen LogP contribution in [-0.2, 0) is 12.1 Å². The number of urea groups is 1. The van der Waals surface area contributed by atoms with E-state index in [1.54, 1.807) is 0 Å². The number of amides is 2. The molecule has 11 heteroatoms. The zero-order chi connectivity index (χ0) is 23.3. The second kappa shape index (κ2) is 7.47. The molecule has 0 unspecified atom stereocenters. The van der Waals surface area contributed by atoms with Crippen molar-refractivity contribution in [3.63, 3.8) is 0 Å². The molecule has 1 aromatic heterocycles. The van der Waals surface area contributed by atoms with E-state index in [1.165, 1.54) is 12.1 Å². The first kappa shape index (κ1) is 21.5. The van der Waals surface area contributed by atoms with Gasteiger partial charge in [0.15, 0.2) is 5.78 Å². The molecule has 0 spiro atoms. The maximum absolute atomic E-state index is 14.1. The molecule has 2 heterocycles. The lowest BCUT2D eigenvalue weighted by molar-refractivity contribution is -0.178. The van der Waals surface area contributed by atoms with E-state index < -0.39 is 40.6 Å². The Bertz CT molecular complexity index is 1250. The van der Waals surface area contributed by atoms with Gasteiger partial charge in [0.25, 0.3) is 5.56 Å². The smallest absolute Gasteiger partial charge is 0.310 e. The van der Waals surface area contributed by atoms with Crippen molar-refractivity contribution in [1.82, 2.24) is 14.9 Å². The molecule has 0 bridgehead atoms. The number of benzene rings is 1. The van der Waals surface area contributed by atoms with Gasteiger partial charge in [0.05, 0.1) is 12.9 Å². The molecule has 1 atom stereocenters. The summed E-state index contributed by atoms with van der Waals surface area (Å²) < 4.78 is 57.3. The lowest BCUT2D eigenvalue weighted by atomic mass is 9.85. The maximum atomic E-state index is 14.1. The van der Waals surface area contributed by atoms with Crippen molar-refractivity contribution >= 4 is 17.5 Å². The zero-order valence-electron chi connectivity index (χ0n) is 16.6. The Morgan fingerprint density at radius 1 is 1.31 bits per heavy atom. The summed E-state index contributed by atoms with van der Waals surface area (Å²) in [5.41, 5.74) is -4.69. The Morgan fingerprint density at radius 2 is 2.03 bits per heavy atom. The molecule has 0 radical (unpaired) electrons. The Balaban J connectivity index is 1.75. The monoisotopic (exact) mass is 448 g/mol. The molecular weight excluding hydrogens is 432 g/mol. The third-order valence-corrected chi connectivity index (χ3v) is 5.17. The number of hydrogen-bond donors (Lipinski definition) is 2. The zero-order valence-corrected chi connectivity index (χ0v) is 16.6. The van der Waals surface area contributed by atoms with Crippen molar-refractivity contribution in [2.45, 2.75) is 38.0 Å². The average Bonchev–Trinajstić information content (AvgIpc) is 3.52. The predicted molar refractivity (Wildman–Crippen MR) is 104 cm³/mol. The van der Waals surface area contributed by atoms with Crippen LogP contribution >= 0.6 is 0 Å². The van der Waals surface area contributed by atoms with Crippen molar-refractivity contribution in [1.29, 1.82) is 0 Å². The quantitative estimate of drug-likeness (QED) is 0.429. The summed E-state index contributed by atoms with van der Waals surface area (Å²) >= 11 is 0. The fourth-order valence-electron chi connectivity index (χ4n) is 3.36. The molecule has 2 aromatic rings. The summed E-state index contributed by atoms with van der Waals surface area (Å²) in [6, 6.07) is 2.66. The van der Waals surface area contributed by atoms with Gasteiger partial charge in [-0.15, -0.1) is 0 Å². The fourth-order valence-corrected chi connectivity index (χ4v) is 3.36. The fraction of sp³-hybridized carbons (Fsp3) is 0.333. The van der Waals surface area contributed by atoms with Gasteiger partial charge in [-0.05, 0) is 24.5 Å². The van der Waals surface area contributed by atoms with Gasteiger partial charge in [0.1, 0.15) is 5.69 Å². The van der Waals surface area contributed by atoms with Gasteiger partial charge >= 0.3 is 12.2 Å². The second-order valence-electron chi connectivity index (χ2n) is 7.65. The van der Waals surface area contributed by atoms with E-state index in [1.807, 2.05) is 5.32 Å². The summed E-state index contributed by atoms with van der Waals surface area (Å²) in [5, 5.41) is 4.24. The Kier molecular flexibility index (Phi) is 5.03. The number of aromatic nitrogens is 2. The summed E-state index contributed by atoms with van der Waals surface area (Å²) in [6.07, 6.45) is -2.50. The first-order valence-corrected chi connectivity index (χ1v) is 9.59. The number of nitrogens with one attached hydrogen (secondary N) is 2. The highest BCUT2D eigenvalue weighted by atomic mass is 19.4. The molecule has 1 aromatic carbocycles. The van der Waals surface area contributed by atoms with Crippen molar-refractivity contribution in [2.75, 3.05) is 5.32 Å². The van der Waals surface area contributed by atoms with Gasteiger partial charge < -0.3 is 10.6 Å². The number of ketones is 1. The molecule has 1 aliphatic heterocycles. The standard InChI is InChI=1S/C21H16F4N4O3/c1-11(30)17-16(22)18(31)29(10-26-17)9-13-4-5-14-15(8-13)27-19(32)28-20(14,21(23,24)25)7-6-12-2-3-12/h4-5,8,10,12H,2-3,9H2,1H3,(H2,27,28,32)/t20-/m0/s1. The number of carbonyl (C=O) groups is 2. The Hall–Kier alpha value is -3.68. The number of anilines is 1. The van der Waals surface area contributed by atoms with Gasteiger partial charge in [-0.1, -0.05) is 24.0 Å². The number of Topliss-reactive ketones (excluding diaryl/α,β-unsaturated/α-hetero) is 1. The molecular formula is C21H16F4N4O3. The summed E-state index contributed by atoms with van der Waals surface area (Å²) in [4.78, 5) is 39.2. The van der Waals surface area contributed by atoms with Crippen LogP contribution in [0.1, 0.15) is 41.4 Å². The Morgan fingerprint density at radius 3 is 2.66 bits per heavy atom. The molecule has 2 aliphatic rings. The van der Waals surface area contributed by atoms with Crippen LogP contribution in [0.4, 0.5) is 28.0 Å². The topological polar surface area (TPSA) is 93.1 Å². The Labute approximate surface area is 178 Å². The second-order valence-corrected chi connectivity index (χ2v) is 7.65. The largest absolute Gasteiger partial charge is 0.427 e. The van der Waals surface area contributed by atoms with Gasteiger partial charge in [-0.3, -0.25) is 14.2 Å². The predicted octanol–water partition coefficient (Wildman–Crippen LogP) is 2.94. The first-order chi connectivity index (χ1) is 15.0. The van der Waals surface area contributed by atoms with Crippen molar-refractivity contribution in [3.8, 4) is 11.8 Å². The maximum Gasteiger partial charge on any atom is 0.427 e. The van der Waals surface area contributed by atoms with Gasteiger partial charge in [0, 0.05) is 24.1 Å². The van der Waals surface area contributed by atoms with E-state index in [0.29, 0.717) is 18.4 Å². The van der Waals surface area contributed by atoms with Crippen LogP contribution in [0.25, 0.3) is 0 Å². The molecule has 7 nitrogen and oxygen atoms in total. The SMILES string of the molecule is CC(=O)c1ncn(Cc2ccc3c(c2)NC(=O)N[C@]3(C#CC2CC2)C(F)(F)F)c(=O)c1F. The third kappa shape index (κ3) is 3.72. The van der Waals surface area contributed by atoms with Gasteiger partial charge in [-0.25, -0.2) is 9.78 Å². The molecule has 1 aliphatic carbocycles. The number of rotatable bonds is 3. The summed E-state index contributed by atoms with van der Waals surface area (Å²) in [6.45, 7) is 0.818. The van der Waals surface area contributed by atoms with E-state index >= 15 is 0 Å². The van der Waals surface area contributed by atoms with Crippen LogP contribution in [-0.4, -0.2) is 27.5 Å². The highest BCUT2D eigenvalue weighted by Crippen LogP contribution is 2.44. The van der Waals surface area contributed by atoms with E-state index in [4.69, 9.17) is 0 Å². The molecule has 2 N–H and O–H groups in total. The van der Waals surface area contributed by atoms with Crippen LogP contribution in [0.2, 0.25) is 0 Å². The molecule has 166 valence electrons. The lowest BCUT2D eigenvalue weighted by Crippen LogP contribution is -2.59.